The monoisotopic (exact) mass is 309 g/mol. The first-order valence-corrected chi connectivity index (χ1v) is 6.83. The molecule has 1 aromatic heterocycles. The van der Waals surface area contributed by atoms with E-state index in [2.05, 4.69) is 10.3 Å². The summed E-state index contributed by atoms with van der Waals surface area (Å²) in [6.45, 7) is 0. The average Bonchev–Trinajstić information content (AvgIpc) is 2.99. The summed E-state index contributed by atoms with van der Waals surface area (Å²) in [5.41, 5.74) is 1.59. The number of aromatic carboxylic acids is 1. The summed E-state index contributed by atoms with van der Waals surface area (Å²) >= 11 is 0. The third kappa shape index (κ3) is 3.16. The van der Waals surface area contributed by atoms with E-state index in [0.29, 0.717) is 11.4 Å². The van der Waals surface area contributed by atoms with E-state index in [-0.39, 0.29) is 11.5 Å². The molecule has 6 heteroatoms. The lowest BCUT2D eigenvalue weighted by Gasteiger charge is -2.03. The maximum absolute atomic E-state index is 13.1. The summed E-state index contributed by atoms with van der Waals surface area (Å²) in [6, 6.07) is 15.0. The average molecular weight is 309 g/mol. The van der Waals surface area contributed by atoms with E-state index in [1.807, 2.05) is 30.3 Å². The van der Waals surface area contributed by atoms with Crippen molar-refractivity contribution in [2.45, 2.75) is 0 Å². The van der Waals surface area contributed by atoms with Crippen molar-refractivity contribution in [3.05, 3.63) is 77.4 Å². The van der Waals surface area contributed by atoms with E-state index in [1.54, 1.807) is 12.2 Å². The van der Waals surface area contributed by atoms with Gasteiger partial charge in [0.05, 0.1) is 5.69 Å². The molecule has 1 N–H and O–H groups in total. The largest absolute Gasteiger partial charge is 0.476 e. The van der Waals surface area contributed by atoms with Gasteiger partial charge in [-0.3, -0.25) is 0 Å². The molecule has 23 heavy (non-hydrogen) atoms. The summed E-state index contributed by atoms with van der Waals surface area (Å²) in [5.74, 6) is -1.56. The maximum atomic E-state index is 13.1. The van der Waals surface area contributed by atoms with Crippen LogP contribution in [0, 0.1) is 5.82 Å². The molecule has 0 atom stereocenters. The third-order valence-corrected chi connectivity index (χ3v) is 3.21. The number of aromatic nitrogens is 3. The fourth-order valence-electron chi connectivity index (χ4n) is 2.10. The molecular formula is C17H12FN3O2. The van der Waals surface area contributed by atoms with Crippen LogP contribution in [-0.4, -0.2) is 26.1 Å². The minimum Gasteiger partial charge on any atom is -0.476 e. The minimum absolute atomic E-state index is 0.165. The van der Waals surface area contributed by atoms with Gasteiger partial charge in [-0.2, -0.15) is 0 Å². The van der Waals surface area contributed by atoms with Gasteiger partial charge in [0.2, 0.25) is 0 Å². The highest BCUT2D eigenvalue weighted by Gasteiger charge is 2.17. The minimum atomic E-state index is -1.17. The molecule has 0 bridgehead atoms. The summed E-state index contributed by atoms with van der Waals surface area (Å²) in [6.07, 6.45) is 3.40. The topological polar surface area (TPSA) is 68.0 Å². The number of carbonyl (C=O) groups is 1. The number of rotatable bonds is 4. The molecule has 0 unspecified atom stereocenters. The zero-order valence-electron chi connectivity index (χ0n) is 11.9. The Bertz CT molecular complexity index is 855. The van der Waals surface area contributed by atoms with Gasteiger partial charge in [-0.25, -0.2) is 13.9 Å². The van der Waals surface area contributed by atoms with Crippen LogP contribution in [0.3, 0.4) is 0 Å². The lowest BCUT2D eigenvalue weighted by Crippen LogP contribution is -2.03. The van der Waals surface area contributed by atoms with Gasteiger partial charge in [-0.1, -0.05) is 41.6 Å². The molecule has 114 valence electrons. The molecule has 0 amide bonds. The first kappa shape index (κ1) is 14.6. The van der Waals surface area contributed by atoms with Crippen LogP contribution in [0.5, 0.6) is 0 Å². The second-order valence-electron chi connectivity index (χ2n) is 4.76. The number of benzene rings is 2. The van der Waals surface area contributed by atoms with E-state index in [1.165, 1.54) is 28.9 Å². The third-order valence-electron chi connectivity index (χ3n) is 3.21. The Morgan fingerprint density at radius 2 is 1.74 bits per heavy atom. The number of halogens is 1. The van der Waals surface area contributed by atoms with Crippen LogP contribution in [0.25, 0.3) is 17.8 Å². The zero-order valence-corrected chi connectivity index (χ0v) is 11.9. The number of nitrogens with zero attached hydrogens (tertiary/aromatic N) is 3. The predicted octanol–water partition coefficient (Wildman–Crippen LogP) is 3.28. The van der Waals surface area contributed by atoms with Crippen LogP contribution in [0.2, 0.25) is 0 Å². The SMILES string of the molecule is O=C(O)c1nnn(-c2ccc(F)cc2)c1/C=C/c1ccccc1. The molecule has 0 aliphatic heterocycles. The summed E-state index contributed by atoms with van der Waals surface area (Å²) in [4.78, 5) is 11.3. The Hall–Kier alpha value is -3.28. The second kappa shape index (κ2) is 6.23. The molecule has 3 aromatic rings. The van der Waals surface area contributed by atoms with Crippen LogP contribution in [0.1, 0.15) is 21.7 Å². The molecule has 5 nitrogen and oxygen atoms in total. The van der Waals surface area contributed by atoms with Gasteiger partial charge in [-0.15, -0.1) is 5.10 Å². The molecule has 0 spiro atoms. The maximum Gasteiger partial charge on any atom is 0.358 e. The van der Waals surface area contributed by atoms with Gasteiger partial charge in [-0.05, 0) is 35.9 Å². The van der Waals surface area contributed by atoms with Crippen LogP contribution in [0.15, 0.2) is 54.6 Å². The highest BCUT2D eigenvalue weighted by atomic mass is 19.1. The first-order chi connectivity index (χ1) is 11.1. The first-order valence-electron chi connectivity index (χ1n) is 6.83. The summed E-state index contributed by atoms with van der Waals surface area (Å²) < 4.78 is 14.4. The van der Waals surface area contributed by atoms with E-state index in [9.17, 15) is 14.3 Å². The molecule has 2 aromatic carbocycles. The van der Waals surface area contributed by atoms with Crippen LogP contribution < -0.4 is 0 Å². The smallest absolute Gasteiger partial charge is 0.358 e. The van der Waals surface area contributed by atoms with Gasteiger partial charge in [0.25, 0.3) is 0 Å². The number of hydrogen-bond donors (Lipinski definition) is 1. The van der Waals surface area contributed by atoms with Gasteiger partial charge in [0.15, 0.2) is 5.69 Å². The van der Waals surface area contributed by atoms with E-state index in [4.69, 9.17) is 0 Å². The van der Waals surface area contributed by atoms with Crippen molar-refractivity contribution in [2.75, 3.05) is 0 Å². The van der Waals surface area contributed by atoms with E-state index in [0.717, 1.165) is 5.56 Å². The lowest BCUT2D eigenvalue weighted by molar-refractivity contribution is 0.0690. The van der Waals surface area contributed by atoms with Crippen LogP contribution in [-0.2, 0) is 0 Å². The molecule has 3 rings (SSSR count). The van der Waals surface area contributed by atoms with Crippen molar-refractivity contribution in [1.29, 1.82) is 0 Å². The molecule has 0 fully saturated rings. The van der Waals surface area contributed by atoms with Crippen molar-refractivity contribution in [3.63, 3.8) is 0 Å². The Labute approximate surface area is 131 Å². The molecule has 0 radical (unpaired) electrons. The molecular weight excluding hydrogens is 297 g/mol. The van der Waals surface area contributed by atoms with Crippen molar-refractivity contribution in [1.82, 2.24) is 15.0 Å². The molecule has 0 aliphatic rings. The van der Waals surface area contributed by atoms with Gasteiger partial charge < -0.3 is 5.11 Å². The summed E-state index contributed by atoms with van der Waals surface area (Å²) in [7, 11) is 0. The Morgan fingerprint density at radius 3 is 2.39 bits per heavy atom. The van der Waals surface area contributed by atoms with E-state index < -0.39 is 5.97 Å². The van der Waals surface area contributed by atoms with E-state index >= 15 is 0 Å². The van der Waals surface area contributed by atoms with Crippen molar-refractivity contribution >= 4 is 18.1 Å². The fraction of sp³-hybridized carbons (Fsp3) is 0. The van der Waals surface area contributed by atoms with Gasteiger partial charge in [0.1, 0.15) is 11.5 Å². The van der Waals surface area contributed by atoms with Crippen molar-refractivity contribution < 1.29 is 14.3 Å². The Morgan fingerprint density at radius 1 is 1.04 bits per heavy atom. The lowest BCUT2D eigenvalue weighted by atomic mass is 10.2. The molecule has 0 saturated heterocycles. The number of carboxylic acid groups (broad SMARTS) is 1. The Kier molecular flexibility index (Phi) is 3.97. The second-order valence-corrected chi connectivity index (χ2v) is 4.76. The zero-order chi connectivity index (χ0) is 16.2. The number of carboxylic acids is 1. The highest BCUT2D eigenvalue weighted by Crippen LogP contribution is 2.17. The van der Waals surface area contributed by atoms with Gasteiger partial charge >= 0.3 is 5.97 Å². The fourth-order valence-corrected chi connectivity index (χ4v) is 2.10. The molecule has 1 heterocycles. The van der Waals surface area contributed by atoms with Gasteiger partial charge in [0, 0.05) is 0 Å². The van der Waals surface area contributed by atoms with Crippen LogP contribution >= 0.6 is 0 Å². The normalized spacial score (nSPS) is 11.0. The molecule has 0 aliphatic carbocycles. The molecule has 0 saturated carbocycles. The predicted molar refractivity (Wildman–Crippen MR) is 83.6 cm³/mol. The number of hydrogen-bond acceptors (Lipinski definition) is 3. The van der Waals surface area contributed by atoms with Crippen molar-refractivity contribution in [3.8, 4) is 5.69 Å². The van der Waals surface area contributed by atoms with Crippen LogP contribution in [0.4, 0.5) is 4.39 Å². The Balaban J connectivity index is 2.06. The van der Waals surface area contributed by atoms with Crippen molar-refractivity contribution in [2.24, 2.45) is 0 Å². The standard InChI is InChI=1S/C17H12FN3O2/c18-13-7-9-14(10-8-13)21-15(16(17(22)23)19-20-21)11-6-12-4-2-1-3-5-12/h1-11H,(H,22,23)/b11-6+. The highest BCUT2D eigenvalue weighted by molar-refractivity contribution is 5.90. The quantitative estimate of drug-likeness (QED) is 0.803. The summed E-state index contributed by atoms with van der Waals surface area (Å²) in [5, 5.41) is 16.8.